The summed E-state index contributed by atoms with van der Waals surface area (Å²) in [5.41, 5.74) is 5.28. The predicted molar refractivity (Wildman–Crippen MR) is 88.9 cm³/mol. The molecule has 0 aliphatic carbocycles. The summed E-state index contributed by atoms with van der Waals surface area (Å²) in [7, 11) is 1.69. The molecule has 0 spiro atoms. The van der Waals surface area contributed by atoms with Crippen LogP contribution < -0.4 is 10.1 Å². The third-order valence-corrected chi connectivity index (χ3v) is 4.02. The Labute approximate surface area is 128 Å². The monoisotopic (exact) mass is 283 g/mol. The highest BCUT2D eigenvalue weighted by Crippen LogP contribution is 2.24. The second-order valence-electron chi connectivity index (χ2n) is 5.74. The van der Waals surface area contributed by atoms with Crippen molar-refractivity contribution in [3.8, 4) is 5.75 Å². The summed E-state index contributed by atoms with van der Waals surface area (Å²) in [6.07, 6.45) is 0. The fourth-order valence-corrected chi connectivity index (χ4v) is 2.68. The second-order valence-corrected chi connectivity index (χ2v) is 5.74. The maximum Gasteiger partial charge on any atom is 0.118 e. The zero-order chi connectivity index (χ0) is 15.4. The molecule has 2 heteroatoms. The van der Waals surface area contributed by atoms with Crippen LogP contribution in [0.1, 0.15) is 48.2 Å². The van der Waals surface area contributed by atoms with Gasteiger partial charge in [-0.05, 0) is 56.5 Å². The number of benzene rings is 2. The fourth-order valence-electron chi connectivity index (χ4n) is 2.68. The van der Waals surface area contributed by atoms with E-state index in [1.807, 2.05) is 12.1 Å². The molecule has 0 aromatic heterocycles. The fraction of sp³-hybridized carbons (Fsp3) is 0.368. The molecule has 0 saturated carbocycles. The minimum Gasteiger partial charge on any atom is -0.497 e. The smallest absolute Gasteiger partial charge is 0.118 e. The Morgan fingerprint density at radius 2 is 1.57 bits per heavy atom. The summed E-state index contributed by atoms with van der Waals surface area (Å²) in [5, 5.41) is 3.68. The van der Waals surface area contributed by atoms with Gasteiger partial charge in [0.05, 0.1) is 7.11 Å². The van der Waals surface area contributed by atoms with Crippen molar-refractivity contribution in [3.05, 3.63) is 64.7 Å². The normalized spacial score (nSPS) is 13.8. The van der Waals surface area contributed by atoms with E-state index in [0.717, 1.165) is 5.75 Å². The van der Waals surface area contributed by atoms with Gasteiger partial charge in [0.2, 0.25) is 0 Å². The van der Waals surface area contributed by atoms with Crippen molar-refractivity contribution >= 4 is 0 Å². The lowest BCUT2D eigenvalue weighted by Crippen LogP contribution is -2.23. The van der Waals surface area contributed by atoms with E-state index in [1.165, 1.54) is 22.3 Å². The Kier molecular flexibility index (Phi) is 5.03. The largest absolute Gasteiger partial charge is 0.497 e. The van der Waals surface area contributed by atoms with Gasteiger partial charge >= 0.3 is 0 Å². The first-order chi connectivity index (χ1) is 10.0. The van der Waals surface area contributed by atoms with Crippen molar-refractivity contribution in [2.24, 2.45) is 0 Å². The predicted octanol–water partition coefficient (Wildman–Crippen LogP) is 4.72. The Morgan fingerprint density at radius 1 is 0.905 bits per heavy atom. The molecule has 1 unspecified atom stereocenters. The van der Waals surface area contributed by atoms with E-state index in [9.17, 15) is 0 Å². The van der Waals surface area contributed by atoms with Crippen LogP contribution in [0.15, 0.2) is 42.5 Å². The van der Waals surface area contributed by atoms with Crippen molar-refractivity contribution in [1.29, 1.82) is 0 Å². The van der Waals surface area contributed by atoms with E-state index in [4.69, 9.17) is 4.74 Å². The van der Waals surface area contributed by atoms with Crippen LogP contribution >= 0.6 is 0 Å². The van der Waals surface area contributed by atoms with Crippen LogP contribution in [0.2, 0.25) is 0 Å². The number of rotatable bonds is 5. The minimum atomic E-state index is 0.297. The molecule has 0 amide bonds. The van der Waals surface area contributed by atoms with Gasteiger partial charge in [-0.15, -0.1) is 0 Å². The molecule has 112 valence electrons. The van der Waals surface area contributed by atoms with E-state index in [0.29, 0.717) is 12.1 Å². The average Bonchev–Trinajstić information content (AvgIpc) is 2.49. The quantitative estimate of drug-likeness (QED) is 0.857. The Balaban J connectivity index is 2.10. The molecular weight excluding hydrogens is 258 g/mol. The molecular formula is C19H25NO. The molecule has 21 heavy (non-hydrogen) atoms. The van der Waals surface area contributed by atoms with Crippen LogP contribution in [0, 0.1) is 13.8 Å². The molecule has 0 radical (unpaired) electrons. The van der Waals surface area contributed by atoms with Gasteiger partial charge in [-0.2, -0.15) is 0 Å². The lowest BCUT2D eigenvalue weighted by molar-refractivity contribution is 0.414. The van der Waals surface area contributed by atoms with Gasteiger partial charge in [0, 0.05) is 12.1 Å². The molecule has 0 fully saturated rings. The van der Waals surface area contributed by atoms with Crippen molar-refractivity contribution in [1.82, 2.24) is 5.32 Å². The molecule has 0 aliphatic rings. The summed E-state index contributed by atoms with van der Waals surface area (Å²) >= 11 is 0. The number of ether oxygens (including phenoxy) is 1. The van der Waals surface area contributed by atoms with E-state index < -0.39 is 0 Å². The Morgan fingerprint density at radius 3 is 2.19 bits per heavy atom. The van der Waals surface area contributed by atoms with Gasteiger partial charge in [0.15, 0.2) is 0 Å². The molecule has 0 saturated heterocycles. The van der Waals surface area contributed by atoms with E-state index in [1.54, 1.807) is 7.11 Å². The highest BCUT2D eigenvalue weighted by Gasteiger charge is 2.13. The van der Waals surface area contributed by atoms with Gasteiger partial charge in [-0.25, -0.2) is 0 Å². The van der Waals surface area contributed by atoms with Crippen LogP contribution in [0.3, 0.4) is 0 Å². The molecule has 1 N–H and O–H groups in total. The summed E-state index contributed by atoms with van der Waals surface area (Å²) in [4.78, 5) is 0. The number of hydrogen-bond acceptors (Lipinski definition) is 2. The summed E-state index contributed by atoms with van der Waals surface area (Å²) in [5.74, 6) is 0.897. The average molecular weight is 283 g/mol. The molecule has 2 aromatic carbocycles. The van der Waals surface area contributed by atoms with Gasteiger partial charge < -0.3 is 10.1 Å². The summed E-state index contributed by atoms with van der Waals surface area (Å²) < 4.78 is 5.21. The maximum atomic E-state index is 5.21. The molecule has 2 nitrogen and oxygen atoms in total. The lowest BCUT2D eigenvalue weighted by Gasteiger charge is -2.22. The lowest BCUT2D eigenvalue weighted by atomic mass is 9.98. The van der Waals surface area contributed by atoms with Crippen molar-refractivity contribution in [2.75, 3.05) is 7.11 Å². The first-order valence-corrected chi connectivity index (χ1v) is 7.48. The zero-order valence-corrected chi connectivity index (χ0v) is 13.6. The van der Waals surface area contributed by atoms with Gasteiger partial charge in [-0.1, -0.05) is 35.9 Å². The van der Waals surface area contributed by atoms with Crippen molar-refractivity contribution in [2.45, 2.75) is 39.8 Å². The van der Waals surface area contributed by atoms with E-state index >= 15 is 0 Å². The zero-order valence-electron chi connectivity index (χ0n) is 13.6. The molecule has 2 atom stereocenters. The maximum absolute atomic E-state index is 5.21. The van der Waals surface area contributed by atoms with Crippen LogP contribution in [0.5, 0.6) is 5.75 Å². The molecule has 2 rings (SSSR count). The topological polar surface area (TPSA) is 21.3 Å². The second kappa shape index (κ2) is 6.77. The SMILES string of the molecule is COc1ccc([C@@H](C)NC(C)c2cc(C)ccc2C)cc1. The van der Waals surface area contributed by atoms with Gasteiger partial charge in [0.1, 0.15) is 5.75 Å². The third kappa shape index (κ3) is 3.85. The van der Waals surface area contributed by atoms with Crippen LogP contribution in [0.4, 0.5) is 0 Å². The molecule has 2 aromatic rings. The number of methoxy groups -OCH3 is 1. The highest BCUT2D eigenvalue weighted by molar-refractivity contribution is 5.33. The van der Waals surface area contributed by atoms with Crippen molar-refractivity contribution < 1.29 is 4.74 Å². The van der Waals surface area contributed by atoms with Crippen LogP contribution in [-0.2, 0) is 0 Å². The standard InChI is InChI=1S/C19H25NO/c1-13-6-7-14(2)19(12-13)16(4)20-15(3)17-8-10-18(21-5)11-9-17/h6-12,15-16,20H,1-5H3/t15-,16?/m1/s1. The van der Waals surface area contributed by atoms with Crippen LogP contribution in [-0.4, -0.2) is 7.11 Å². The van der Waals surface area contributed by atoms with E-state index in [-0.39, 0.29) is 0 Å². The molecule has 0 bridgehead atoms. The van der Waals surface area contributed by atoms with Crippen LogP contribution in [0.25, 0.3) is 0 Å². The Hall–Kier alpha value is -1.80. The Bertz CT molecular complexity index is 589. The minimum absolute atomic E-state index is 0.297. The number of nitrogens with one attached hydrogen (secondary N) is 1. The third-order valence-electron chi connectivity index (χ3n) is 4.02. The summed E-state index contributed by atoms with van der Waals surface area (Å²) in [6, 6.07) is 15.5. The van der Waals surface area contributed by atoms with Crippen molar-refractivity contribution in [3.63, 3.8) is 0 Å². The molecule has 0 heterocycles. The summed E-state index contributed by atoms with van der Waals surface area (Å²) in [6.45, 7) is 8.73. The number of hydrogen-bond donors (Lipinski definition) is 1. The first-order valence-electron chi connectivity index (χ1n) is 7.48. The molecule has 0 aliphatic heterocycles. The van der Waals surface area contributed by atoms with E-state index in [2.05, 4.69) is 63.3 Å². The highest BCUT2D eigenvalue weighted by atomic mass is 16.5. The van der Waals surface area contributed by atoms with Gasteiger partial charge in [0.25, 0.3) is 0 Å². The van der Waals surface area contributed by atoms with Gasteiger partial charge in [-0.3, -0.25) is 0 Å². The number of aryl methyl sites for hydroxylation is 2. The first kappa shape index (κ1) is 15.6.